The van der Waals surface area contributed by atoms with E-state index in [2.05, 4.69) is 5.32 Å². The second-order valence-electron chi connectivity index (χ2n) is 4.11. The lowest BCUT2D eigenvalue weighted by atomic mass is 10.1. The van der Waals surface area contributed by atoms with Crippen LogP contribution in [0.1, 0.15) is 21.4 Å². The monoisotopic (exact) mass is 279 g/mol. The molecule has 1 atom stereocenters. The number of carbonyl (C=O) groups is 1. The Kier molecular flexibility index (Phi) is 4.04. The van der Waals surface area contributed by atoms with Gasteiger partial charge >= 0.3 is 0 Å². The highest BCUT2D eigenvalue weighted by atomic mass is 35.5. The number of benzene rings is 1. The van der Waals surface area contributed by atoms with Crippen molar-refractivity contribution in [1.29, 1.82) is 0 Å². The first-order chi connectivity index (χ1) is 8.58. The summed E-state index contributed by atoms with van der Waals surface area (Å²) < 4.78 is 0. The predicted molar refractivity (Wildman–Crippen MR) is 77.5 cm³/mol. The Morgan fingerprint density at radius 2 is 1.94 bits per heavy atom. The molecule has 18 heavy (non-hydrogen) atoms. The van der Waals surface area contributed by atoms with Crippen molar-refractivity contribution in [2.24, 2.45) is 0 Å². The van der Waals surface area contributed by atoms with Crippen LogP contribution in [0.5, 0.6) is 0 Å². The van der Waals surface area contributed by atoms with Crippen LogP contribution in [0.4, 0.5) is 5.00 Å². The maximum absolute atomic E-state index is 12.0. The molecule has 1 unspecified atom stereocenters. The second-order valence-corrected chi connectivity index (χ2v) is 5.81. The van der Waals surface area contributed by atoms with E-state index >= 15 is 0 Å². The number of nitrogens with one attached hydrogen (secondary N) is 1. The number of alkyl halides is 1. The molecule has 1 amide bonds. The van der Waals surface area contributed by atoms with Crippen molar-refractivity contribution in [1.82, 2.24) is 0 Å². The maximum Gasteiger partial charge on any atom is 0.247 e. The highest BCUT2D eigenvalue weighted by Crippen LogP contribution is 2.28. The summed E-state index contributed by atoms with van der Waals surface area (Å²) in [6.07, 6.45) is 0. The Labute approximate surface area is 116 Å². The van der Waals surface area contributed by atoms with Gasteiger partial charge in [0.2, 0.25) is 5.91 Å². The molecule has 94 valence electrons. The van der Waals surface area contributed by atoms with Crippen LogP contribution in [0, 0.1) is 13.8 Å². The summed E-state index contributed by atoms with van der Waals surface area (Å²) in [5.41, 5.74) is 1.99. The normalized spacial score (nSPS) is 12.2. The van der Waals surface area contributed by atoms with Gasteiger partial charge in [-0.05, 0) is 31.0 Å². The van der Waals surface area contributed by atoms with Gasteiger partial charge in [-0.1, -0.05) is 30.3 Å². The van der Waals surface area contributed by atoms with Gasteiger partial charge in [0, 0.05) is 4.88 Å². The number of anilines is 1. The summed E-state index contributed by atoms with van der Waals surface area (Å²) in [6, 6.07) is 11.3. The molecular formula is C14H14ClNOS. The first-order valence-corrected chi connectivity index (χ1v) is 6.90. The summed E-state index contributed by atoms with van der Waals surface area (Å²) in [7, 11) is 0. The van der Waals surface area contributed by atoms with Crippen LogP contribution in [0.25, 0.3) is 0 Å². The minimum atomic E-state index is -0.658. The van der Waals surface area contributed by atoms with E-state index in [1.807, 2.05) is 50.2 Å². The lowest BCUT2D eigenvalue weighted by molar-refractivity contribution is -0.115. The molecule has 1 aromatic carbocycles. The first-order valence-electron chi connectivity index (χ1n) is 5.65. The third-order valence-electron chi connectivity index (χ3n) is 2.73. The standard InChI is InChI=1S/C14H14ClNOS/c1-9-8-12(18-10(9)2)16-14(17)13(15)11-6-4-3-5-7-11/h3-8,13H,1-2H3,(H,16,17). The van der Waals surface area contributed by atoms with Crippen LogP contribution < -0.4 is 5.32 Å². The molecule has 4 heteroatoms. The van der Waals surface area contributed by atoms with Crippen molar-refractivity contribution < 1.29 is 4.79 Å². The van der Waals surface area contributed by atoms with E-state index in [0.717, 1.165) is 10.6 Å². The number of hydrogen-bond acceptors (Lipinski definition) is 2. The topological polar surface area (TPSA) is 29.1 Å². The van der Waals surface area contributed by atoms with Crippen molar-refractivity contribution in [3.05, 3.63) is 52.4 Å². The molecule has 2 aromatic rings. The zero-order valence-corrected chi connectivity index (χ0v) is 11.8. The Balaban J connectivity index is 2.08. The molecule has 0 aliphatic heterocycles. The zero-order valence-electron chi connectivity index (χ0n) is 10.2. The summed E-state index contributed by atoms with van der Waals surface area (Å²) in [5.74, 6) is -0.191. The van der Waals surface area contributed by atoms with E-state index in [-0.39, 0.29) is 5.91 Å². The Hall–Kier alpha value is -1.32. The first kappa shape index (κ1) is 13.1. The molecule has 0 saturated carbocycles. The summed E-state index contributed by atoms with van der Waals surface area (Å²) >= 11 is 7.71. The molecule has 0 spiro atoms. The number of aryl methyl sites for hydroxylation is 2. The van der Waals surface area contributed by atoms with Crippen molar-refractivity contribution in [3.8, 4) is 0 Å². The number of thiophene rings is 1. The predicted octanol–water partition coefficient (Wildman–Crippen LogP) is 4.28. The largest absolute Gasteiger partial charge is 0.316 e. The van der Waals surface area contributed by atoms with Gasteiger partial charge in [0.05, 0.1) is 5.00 Å². The van der Waals surface area contributed by atoms with E-state index in [1.54, 1.807) is 11.3 Å². The average Bonchev–Trinajstić information content (AvgIpc) is 2.68. The Bertz CT molecular complexity index is 531. The number of hydrogen-bond donors (Lipinski definition) is 1. The van der Waals surface area contributed by atoms with Crippen LogP contribution in [0.3, 0.4) is 0 Å². The van der Waals surface area contributed by atoms with Crippen molar-refractivity contribution >= 4 is 33.8 Å². The minimum Gasteiger partial charge on any atom is -0.316 e. The molecule has 0 aliphatic carbocycles. The van der Waals surface area contributed by atoms with Gasteiger partial charge in [0.25, 0.3) is 0 Å². The van der Waals surface area contributed by atoms with E-state index in [9.17, 15) is 4.79 Å². The molecule has 1 aromatic heterocycles. The maximum atomic E-state index is 12.0. The smallest absolute Gasteiger partial charge is 0.247 e. The van der Waals surface area contributed by atoms with E-state index in [1.165, 1.54) is 10.4 Å². The van der Waals surface area contributed by atoms with Gasteiger partial charge in [-0.2, -0.15) is 0 Å². The Morgan fingerprint density at radius 3 is 2.50 bits per heavy atom. The molecular weight excluding hydrogens is 266 g/mol. The number of carbonyl (C=O) groups excluding carboxylic acids is 1. The molecule has 0 radical (unpaired) electrons. The molecule has 1 N–H and O–H groups in total. The van der Waals surface area contributed by atoms with Crippen molar-refractivity contribution in [2.45, 2.75) is 19.2 Å². The van der Waals surface area contributed by atoms with Gasteiger partial charge in [0.1, 0.15) is 5.38 Å². The lowest BCUT2D eigenvalue weighted by Gasteiger charge is -2.09. The third kappa shape index (κ3) is 2.92. The summed E-state index contributed by atoms with van der Waals surface area (Å²) in [4.78, 5) is 13.2. The highest BCUT2D eigenvalue weighted by molar-refractivity contribution is 7.16. The Morgan fingerprint density at radius 1 is 1.28 bits per heavy atom. The molecule has 0 aliphatic rings. The third-order valence-corrected chi connectivity index (χ3v) is 4.25. The molecule has 0 saturated heterocycles. The van der Waals surface area contributed by atoms with Crippen LogP contribution in [0.2, 0.25) is 0 Å². The fraction of sp³-hybridized carbons (Fsp3) is 0.214. The van der Waals surface area contributed by atoms with Crippen LogP contribution in [-0.4, -0.2) is 5.91 Å². The van der Waals surface area contributed by atoms with Gasteiger partial charge in [-0.3, -0.25) is 4.79 Å². The van der Waals surface area contributed by atoms with E-state index in [0.29, 0.717) is 0 Å². The van der Waals surface area contributed by atoms with Crippen LogP contribution >= 0.6 is 22.9 Å². The summed E-state index contributed by atoms with van der Waals surface area (Å²) in [5, 5.41) is 3.04. The molecule has 0 bridgehead atoms. The quantitative estimate of drug-likeness (QED) is 0.835. The average molecular weight is 280 g/mol. The van der Waals surface area contributed by atoms with Gasteiger partial charge < -0.3 is 5.32 Å². The second kappa shape index (κ2) is 5.55. The molecule has 1 heterocycles. The van der Waals surface area contributed by atoms with E-state index in [4.69, 9.17) is 11.6 Å². The van der Waals surface area contributed by atoms with Gasteiger partial charge in [0.15, 0.2) is 0 Å². The van der Waals surface area contributed by atoms with Crippen molar-refractivity contribution in [2.75, 3.05) is 5.32 Å². The zero-order chi connectivity index (χ0) is 13.1. The number of halogens is 1. The van der Waals surface area contributed by atoms with Gasteiger partial charge in [-0.15, -0.1) is 22.9 Å². The molecule has 2 nitrogen and oxygen atoms in total. The number of rotatable bonds is 3. The minimum absolute atomic E-state index is 0.191. The highest BCUT2D eigenvalue weighted by Gasteiger charge is 2.18. The van der Waals surface area contributed by atoms with E-state index < -0.39 is 5.38 Å². The number of amides is 1. The fourth-order valence-electron chi connectivity index (χ4n) is 1.59. The lowest BCUT2D eigenvalue weighted by Crippen LogP contribution is -2.16. The summed E-state index contributed by atoms with van der Waals surface area (Å²) in [6.45, 7) is 4.06. The van der Waals surface area contributed by atoms with Crippen molar-refractivity contribution in [3.63, 3.8) is 0 Å². The van der Waals surface area contributed by atoms with Crippen LogP contribution in [0.15, 0.2) is 36.4 Å². The fourth-order valence-corrected chi connectivity index (χ4v) is 2.73. The van der Waals surface area contributed by atoms with Gasteiger partial charge in [-0.25, -0.2) is 0 Å². The van der Waals surface area contributed by atoms with Crippen LogP contribution in [-0.2, 0) is 4.79 Å². The SMILES string of the molecule is Cc1cc(NC(=O)C(Cl)c2ccccc2)sc1C. The molecule has 0 fully saturated rings. The molecule has 2 rings (SSSR count).